The number of hydrogen-bond donors (Lipinski definition) is 0. The maximum absolute atomic E-state index is 12.9. The van der Waals surface area contributed by atoms with Crippen molar-refractivity contribution < 1.29 is 26.4 Å². The number of benzene rings is 1. The summed E-state index contributed by atoms with van der Waals surface area (Å²) < 4.78 is 65.3. The number of hydrogen-bond acceptors (Lipinski definition) is 3. The summed E-state index contributed by atoms with van der Waals surface area (Å²) in [5, 5.41) is -0.263. The Hall–Kier alpha value is -1.32. The van der Waals surface area contributed by atoms with Crippen molar-refractivity contribution in [2.75, 3.05) is 26.2 Å². The predicted octanol–water partition coefficient (Wildman–Crippen LogP) is 3.77. The average Bonchev–Trinajstić information content (AvgIpc) is 2.61. The van der Waals surface area contributed by atoms with Gasteiger partial charge in [0, 0.05) is 32.6 Å². The second-order valence-electron chi connectivity index (χ2n) is 6.38. The molecule has 1 amide bonds. The van der Waals surface area contributed by atoms with Gasteiger partial charge in [-0.05, 0) is 24.6 Å². The van der Waals surface area contributed by atoms with E-state index in [4.69, 9.17) is 11.6 Å². The summed E-state index contributed by atoms with van der Waals surface area (Å²) in [5.41, 5.74) is -1.07. The summed E-state index contributed by atoms with van der Waals surface area (Å²) >= 11 is 5.86. The fourth-order valence-electron chi connectivity index (χ4n) is 2.88. The molecule has 0 atom stereocenters. The molecule has 0 aromatic heterocycles. The number of carbonyl (C=O) groups excluding carboxylic acids is 1. The van der Waals surface area contributed by atoms with Crippen molar-refractivity contribution in [3.63, 3.8) is 0 Å². The molecule has 2 rings (SSSR count). The van der Waals surface area contributed by atoms with Gasteiger partial charge in [0.2, 0.25) is 15.9 Å². The van der Waals surface area contributed by atoms with E-state index in [1.807, 2.05) is 6.92 Å². The Labute approximate surface area is 162 Å². The number of carbonyl (C=O) groups is 1. The van der Waals surface area contributed by atoms with Gasteiger partial charge in [-0.2, -0.15) is 17.5 Å². The molecular weight excluding hydrogens is 405 g/mol. The van der Waals surface area contributed by atoms with E-state index in [9.17, 15) is 26.4 Å². The minimum atomic E-state index is -4.67. The number of rotatable bonds is 6. The molecular formula is C17H22ClF3N2O3S. The van der Waals surface area contributed by atoms with Gasteiger partial charge in [-0.1, -0.05) is 31.4 Å². The third-order valence-corrected chi connectivity index (χ3v) is 6.84. The van der Waals surface area contributed by atoms with E-state index in [0.717, 1.165) is 35.7 Å². The van der Waals surface area contributed by atoms with Crippen molar-refractivity contribution in [1.29, 1.82) is 0 Å². The fourth-order valence-corrected chi connectivity index (χ4v) is 4.80. The van der Waals surface area contributed by atoms with Gasteiger partial charge in [0.25, 0.3) is 0 Å². The summed E-state index contributed by atoms with van der Waals surface area (Å²) in [4.78, 5) is 13.1. The van der Waals surface area contributed by atoms with Gasteiger partial charge in [-0.3, -0.25) is 4.79 Å². The minimum absolute atomic E-state index is 0.0222. The Balaban J connectivity index is 2.10. The van der Waals surface area contributed by atoms with Crippen LogP contribution in [0.4, 0.5) is 13.2 Å². The molecule has 1 heterocycles. The first-order chi connectivity index (χ1) is 12.6. The van der Waals surface area contributed by atoms with Crippen LogP contribution in [-0.2, 0) is 21.0 Å². The second-order valence-corrected chi connectivity index (χ2v) is 8.70. The van der Waals surface area contributed by atoms with E-state index >= 15 is 0 Å². The van der Waals surface area contributed by atoms with Crippen LogP contribution in [-0.4, -0.2) is 49.7 Å². The second kappa shape index (κ2) is 8.79. The van der Waals surface area contributed by atoms with E-state index in [1.165, 1.54) is 0 Å². The Morgan fingerprint density at radius 2 is 1.78 bits per heavy atom. The highest BCUT2D eigenvalue weighted by atomic mass is 35.5. The van der Waals surface area contributed by atoms with E-state index < -0.39 is 26.7 Å². The molecule has 1 saturated heterocycles. The quantitative estimate of drug-likeness (QED) is 0.650. The molecule has 1 fully saturated rings. The highest BCUT2D eigenvalue weighted by Crippen LogP contribution is 2.34. The first-order valence-corrected chi connectivity index (χ1v) is 10.5. The van der Waals surface area contributed by atoms with Crippen LogP contribution in [0, 0.1) is 0 Å². The molecule has 0 N–H and O–H groups in total. The van der Waals surface area contributed by atoms with Crippen LogP contribution in [0.25, 0.3) is 0 Å². The summed E-state index contributed by atoms with van der Waals surface area (Å²) in [7, 11) is -4.18. The number of unbranched alkanes of at least 4 members (excludes halogenated alkanes) is 2. The Bertz CT molecular complexity index is 776. The normalized spacial score (nSPS) is 16.6. The number of halogens is 4. The number of piperazine rings is 1. The van der Waals surface area contributed by atoms with Crippen LogP contribution < -0.4 is 0 Å². The summed E-state index contributed by atoms with van der Waals surface area (Å²) in [6.45, 7) is 2.50. The molecule has 0 radical (unpaired) electrons. The molecule has 0 unspecified atom stereocenters. The summed E-state index contributed by atoms with van der Waals surface area (Å²) in [6.07, 6.45) is -1.52. The van der Waals surface area contributed by atoms with Gasteiger partial charge < -0.3 is 4.90 Å². The van der Waals surface area contributed by atoms with Crippen LogP contribution in [0.1, 0.15) is 38.2 Å². The SMILES string of the molecule is CCCCCC(=O)N1CCN(S(=O)(=O)c2cc(C(F)(F)F)ccc2Cl)CC1. The highest BCUT2D eigenvalue weighted by molar-refractivity contribution is 7.89. The standard InChI is InChI=1S/C17H22ClF3N2O3S/c1-2-3-4-5-16(24)22-8-10-23(11-9-22)27(25,26)15-12-13(17(19,20)21)6-7-14(15)18/h6-7,12H,2-5,8-11H2,1H3. The van der Waals surface area contributed by atoms with Gasteiger partial charge in [0.05, 0.1) is 10.6 Å². The van der Waals surface area contributed by atoms with Crippen molar-refractivity contribution in [1.82, 2.24) is 9.21 Å². The van der Waals surface area contributed by atoms with E-state index in [1.54, 1.807) is 4.90 Å². The molecule has 0 bridgehead atoms. The zero-order valence-corrected chi connectivity index (χ0v) is 16.5. The fraction of sp³-hybridized carbons (Fsp3) is 0.588. The van der Waals surface area contributed by atoms with Crippen molar-refractivity contribution >= 4 is 27.5 Å². The van der Waals surface area contributed by atoms with Crippen molar-refractivity contribution in [3.8, 4) is 0 Å². The molecule has 0 spiro atoms. The lowest BCUT2D eigenvalue weighted by molar-refractivity contribution is -0.137. The Morgan fingerprint density at radius 3 is 2.33 bits per heavy atom. The molecule has 1 aromatic carbocycles. The topological polar surface area (TPSA) is 57.7 Å². The molecule has 1 aliphatic rings. The molecule has 1 aromatic rings. The van der Waals surface area contributed by atoms with Gasteiger partial charge >= 0.3 is 6.18 Å². The minimum Gasteiger partial charge on any atom is -0.340 e. The molecule has 0 aliphatic carbocycles. The lowest BCUT2D eigenvalue weighted by Crippen LogP contribution is -2.50. The number of alkyl halides is 3. The molecule has 1 aliphatic heterocycles. The monoisotopic (exact) mass is 426 g/mol. The van der Waals surface area contributed by atoms with Gasteiger partial charge in [0.15, 0.2) is 0 Å². The van der Waals surface area contributed by atoms with E-state index in [2.05, 4.69) is 0 Å². The summed E-state index contributed by atoms with van der Waals surface area (Å²) in [6, 6.07) is 2.24. The lowest BCUT2D eigenvalue weighted by atomic mass is 10.2. The first-order valence-electron chi connectivity index (χ1n) is 8.72. The van der Waals surface area contributed by atoms with Crippen molar-refractivity contribution in [2.45, 2.75) is 43.7 Å². The van der Waals surface area contributed by atoms with Crippen LogP contribution in [0.2, 0.25) is 5.02 Å². The third kappa shape index (κ3) is 5.36. The van der Waals surface area contributed by atoms with Crippen LogP contribution in [0.5, 0.6) is 0 Å². The molecule has 27 heavy (non-hydrogen) atoms. The average molecular weight is 427 g/mol. The van der Waals surface area contributed by atoms with Crippen LogP contribution in [0.3, 0.4) is 0 Å². The number of nitrogens with zero attached hydrogens (tertiary/aromatic N) is 2. The van der Waals surface area contributed by atoms with Gasteiger partial charge in [-0.15, -0.1) is 0 Å². The van der Waals surface area contributed by atoms with Crippen LogP contribution >= 0.6 is 11.6 Å². The van der Waals surface area contributed by atoms with Gasteiger partial charge in [0.1, 0.15) is 4.90 Å². The Morgan fingerprint density at radius 1 is 1.15 bits per heavy atom. The molecule has 152 valence electrons. The van der Waals surface area contributed by atoms with E-state index in [-0.39, 0.29) is 37.1 Å². The van der Waals surface area contributed by atoms with Crippen molar-refractivity contribution in [3.05, 3.63) is 28.8 Å². The smallest absolute Gasteiger partial charge is 0.340 e. The van der Waals surface area contributed by atoms with E-state index in [0.29, 0.717) is 12.5 Å². The van der Waals surface area contributed by atoms with Gasteiger partial charge in [-0.25, -0.2) is 8.42 Å². The van der Waals surface area contributed by atoms with Crippen LogP contribution in [0.15, 0.2) is 23.1 Å². The number of amides is 1. The first kappa shape index (κ1) is 22.0. The Kier molecular flexibility index (Phi) is 7.15. The number of sulfonamides is 1. The molecule has 10 heteroatoms. The molecule has 0 saturated carbocycles. The highest BCUT2D eigenvalue weighted by Gasteiger charge is 2.35. The third-order valence-electron chi connectivity index (χ3n) is 4.46. The zero-order valence-electron chi connectivity index (χ0n) is 14.9. The molecule has 5 nitrogen and oxygen atoms in total. The lowest BCUT2D eigenvalue weighted by Gasteiger charge is -2.34. The summed E-state index contributed by atoms with van der Waals surface area (Å²) in [5.74, 6) is -0.0300. The largest absolute Gasteiger partial charge is 0.416 e. The predicted molar refractivity (Wildman–Crippen MR) is 95.9 cm³/mol. The maximum Gasteiger partial charge on any atom is 0.416 e. The zero-order chi connectivity index (χ0) is 20.2. The maximum atomic E-state index is 12.9. The van der Waals surface area contributed by atoms with Crippen molar-refractivity contribution in [2.24, 2.45) is 0 Å².